The lowest BCUT2D eigenvalue weighted by atomic mass is 9.83. The molecule has 5 nitrogen and oxygen atoms in total. The predicted octanol–water partition coefficient (Wildman–Crippen LogP) is 3.67. The summed E-state index contributed by atoms with van der Waals surface area (Å²) in [7, 11) is 0. The molecule has 1 aliphatic carbocycles. The van der Waals surface area contributed by atoms with Crippen LogP contribution < -0.4 is 4.74 Å². The van der Waals surface area contributed by atoms with Crippen molar-refractivity contribution in [3.63, 3.8) is 0 Å². The van der Waals surface area contributed by atoms with Gasteiger partial charge in [-0.3, -0.25) is 4.79 Å². The van der Waals surface area contributed by atoms with E-state index in [9.17, 15) is 22.8 Å². The molecule has 2 aromatic rings. The highest BCUT2D eigenvalue weighted by Gasteiger charge is 2.37. The van der Waals surface area contributed by atoms with Crippen molar-refractivity contribution >= 4 is 17.3 Å². The van der Waals surface area contributed by atoms with Crippen LogP contribution in [-0.2, 0) is 16.0 Å². The zero-order valence-corrected chi connectivity index (χ0v) is 13.6. The highest BCUT2D eigenvalue weighted by Crippen LogP contribution is 2.38. The molecule has 1 N–H and O–H groups in total. The Bertz CT molecular complexity index is 882. The van der Waals surface area contributed by atoms with Gasteiger partial charge in [-0.05, 0) is 30.7 Å². The van der Waals surface area contributed by atoms with Crippen molar-refractivity contribution < 1.29 is 32.2 Å². The third-order valence-corrected chi connectivity index (χ3v) is 3.89. The molecular weight excluding hydrogens is 351 g/mol. The van der Waals surface area contributed by atoms with Gasteiger partial charge in [0, 0.05) is 29.4 Å². The molecule has 1 aliphatic rings. The van der Waals surface area contributed by atoms with E-state index in [4.69, 9.17) is 4.74 Å². The van der Waals surface area contributed by atoms with E-state index in [1.807, 2.05) is 0 Å². The number of alkyl halides is 3. The summed E-state index contributed by atoms with van der Waals surface area (Å²) >= 11 is 0. The van der Waals surface area contributed by atoms with Crippen LogP contribution in [0.1, 0.15) is 28.5 Å². The van der Waals surface area contributed by atoms with E-state index in [0.717, 1.165) is 6.07 Å². The number of nitrogens with one attached hydrogen (secondary N) is 1. The summed E-state index contributed by atoms with van der Waals surface area (Å²) in [5.74, 6) is -1.97. The molecule has 0 aliphatic heterocycles. The Hall–Kier alpha value is -3.03. The average molecular weight is 365 g/mol. The highest BCUT2D eigenvalue weighted by molar-refractivity contribution is 6.30. The lowest BCUT2D eigenvalue weighted by Gasteiger charge is -2.23. The molecule has 0 unspecified atom stereocenters. The summed E-state index contributed by atoms with van der Waals surface area (Å²) in [5.41, 5.74) is 0.599. The number of aromatic amines is 1. The number of benzene rings is 1. The molecule has 1 aromatic carbocycles. The predicted molar refractivity (Wildman–Crippen MR) is 85.5 cm³/mol. The van der Waals surface area contributed by atoms with Crippen molar-refractivity contribution in [2.24, 2.45) is 0 Å². The summed E-state index contributed by atoms with van der Waals surface area (Å²) in [5, 5.41) is 0. The summed E-state index contributed by atoms with van der Waals surface area (Å²) in [6.07, 6.45) is -3.39. The second-order valence-corrected chi connectivity index (χ2v) is 5.49. The second-order valence-electron chi connectivity index (χ2n) is 5.49. The molecule has 8 heteroatoms. The van der Waals surface area contributed by atoms with E-state index in [1.165, 1.54) is 12.1 Å². The van der Waals surface area contributed by atoms with E-state index in [2.05, 4.69) is 9.72 Å². The van der Waals surface area contributed by atoms with Crippen LogP contribution in [0.25, 0.3) is 5.57 Å². The molecule has 0 radical (unpaired) electrons. The van der Waals surface area contributed by atoms with Gasteiger partial charge in [0.2, 0.25) is 5.78 Å². The standard InChI is InChI=1S/C18H14F3NO4/c1-2-25-17(24)15-12(13-6-4-8-22-13)9-11-10(16(15)23)5-3-7-14(11)26-18(19,20)21/h3-8,22H,2,9H2,1H3. The first-order valence-corrected chi connectivity index (χ1v) is 7.78. The number of aromatic nitrogens is 1. The first kappa shape index (κ1) is 17.8. The number of rotatable bonds is 4. The first-order chi connectivity index (χ1) is 12.3. The number of halogens is 3. The number of fused-ring (bicyclic) bond motifs is 1. The van der Waals surface area contributed by atoms with Crippen LogP contribution in [-0.4, -0.2) is 29.7 Å². The monoisotopic (exact) mass is 365 g/mol. The third-order valence-electron chi connectivity index (χ3n) is 3.89. The number of esters is 1. The van der Waals surface area contributed by atoms with Gasteiger partial charge < -0.3 is 14.5 Å². The molecule has 0 fully saturated rings. The van der Waals surface area contributed by atoms with Gasteiger partial charge in [-0.1, -0.05) is 12.1 Å². The number of Topliss-reactive ketones (excluding diaryl/α,β-unsaturated/α-hetero) is 1. The fourth-order valence-corrected chi connectivity index (χ4v) is 2.89. The number of hydrogen-bond donors (Lipinski definition) is 1. The van der Waals surface area contributed by atoms with Crippen molar-refractivity contribution in [3.05, 3.63) is 58.9 Å². The van der Waals surface area contributed by atoms with Crippen LogP contribution in [0.4, 0.5) is 13.2 Å². The summed E-state index contributed by atoms with van der Waals surface area (Å²) in [4.78, 5) is 28.0. The van der Waals surface area contributed by atoms with Gasteiger partial charge in [-0.15, -0.1) is 13.2 Å². The number of carbonyl (C=O) groups is 2. The minimum Gasteiger partial charge on any atom is -0.462 e. The van der Waals surface area contributed by atoms with E-state index >= 15 is 0 Å². The molecule has 0 saturated carbocycles. The van der Waals surface area contributed by atoms with Crippen LogP contribution in [0.2, 0.25) is 0 Å². The lowest BCUT2D eigenvalue weighted by molar-refractivity contribution is -0.274. The molecule has 26 heavy (non-hydrogen) atoms. The smallest absolute Gasteiger partial charge is 0.462 e. The van der Waals surface area contributed by atoms with Crippen LogP contribution in [0, 0.1) is 0 Å². The van der Waals surface area contributed by atoms with Gasteiger partial charge >= 0.3 is 12.3 Å². The number of ketones is 1. The number of hydrogen-bond acceptors (Lipinski definition) is 4. The summed E-state index contributed by atoms with van der Waals surface area (Å²) in [6, 6.07) is 7.07. The number of ether oxygens (including phenoxy) is 2. The normalized spacial score (nSPS) is 14.2. The van der Waals surface area contributed by atoms with Crippen molar-refractivity contribution in [2.75, 3.05) is 6.61 Å². The van der Waals surface area contributed by atoms with Gasteiger partial charge in [-0.2, -0.15) is 0 Å². The van der Waals surface area contributed by atoms with Crippen LogP contribution in [0.15, 0.2) is 42.1 Å². The number of H-pyrrole nitrogens is 1. The number of allylic oxidation sites excluding steroid dienone is 1. The molecule has 0 amide bonds. The maximum atomic E-state index is 12.8. The summed E-state index contributed by atoms with van der Waals surface area (Å²) in [6.45, 7) is 1.67. The van der Waals surface area contributed by atoms with Crippen LogP contribution >= 0.6 is 0 Å². The minimum absolute atomic E-state index is 0.00916. The van der Waals surface area contributed by atoms with E-state index in [-0.39, 0.29) is 35.3 Å². The first-order valence-electron chi connectivity index (χ1n) is 7.78. The molecule has 0 spiro atoms. The zero-order chi connectivity index (χ0) is 18.9. The van der Waals surface area contributed by atoms with Gasteiger partial charge in [0.1, 0.15) is 11.3 Å². The molecular formula is C18H14F3NO4. The Labute approximate surface area is 146 Å². The Kier molecular flexibility index (Phi) is 4.58. The third kappa shape index (κ3) is 3.35. The molecule has 3 rings (SSSR count). The van der Waals surface area contributed by atoms with E-state index < -0.39 is 23.9 Å². The lowest BCUT2D eigenvalue weighted by Crippen LogP contribution is -2.25. The molecule has 136 valence electrons. The Balaban J connectivity index is 2.15. The molecule has 0 saturated heterocycles. The Morgan fingerprint density at radius 3 is 2.62 bits per heavy atom. The quantitative estimate of drug-likeness (QED) is 0.663. The van der Waals surface area contributed by atoms with Crippen LogP contribution in [0.5, 0.6) is 5.75 Å². The van der Waals surface area contributed by atoms with Gasteiger partial charge in [0.05, 0.1) is 6.61 Å². The Morgan fingerprint density at radius 1 is 1.23 bits per heavy atom. The van der Waals surface area contributed by atoms with Crippen molar-refractivity contribution in [1.29, 1.82) is 0 Å². The van der Waals surface area contributed by atoms with Crippen molar-refractivity contribution in [1.82, 2.24) is 4.98 Å². The summed E-state index contributed by atoms with van der Waals surface area (Å²) < 4.78 is 47.1. The van der Waals surface area contributed by atoms with Gasteiger partial charge in [0.25, 0.3) is 0 Å². The second kappa shape index (κ2) is 6.70. The Morgan fingerprint density at radius 2 is 2.00 bits per heavy atom. The average Bonchev–Trinajstić information content (AvgIpc) is 3.08. The van der Waals surface area contributed by atoms with Gasteiger partial charge in [-0.25, -0.2) is 4.79 Å². The van der Waals surface area contributed by atoms with E-state index in [0.29, 0.717) is 5.69 Å². The number of carbonyl (C=O) groups excluding carboxylic acids is 2. The molecule has 0 bridgehead atoms. The topological polar surface area (TPSA) is 68.4 Å². The zero-order valence-electron chi connectivity index (χ0n) is 13.6. The fourth-order valence-electron chi connectivity index (χ4n) is 2.89. The van der Waals surface area contributed by atoms with Crippen LogP contribution in [0.3, 0.4) is 0 Å². The maximum Gasteiger partial charge on any atom is 0.573 e. The largest absolute Gasteiger partial charge is 0.573 e. The van der Waals surface area contributed by atoms with E-state index in [1.54, 1.807) is 25.3 Å². The SMILES string of the molecule is CCOC(=O)C1=C(c2ccc[nH]2)Cc2c(OC(F)(F)F)cccc2C1=O. The maximum absolute atomic E-state index is 12.8. The fraction of sp³-hybridized carbons (Fsp3) is 0.222. The van der Waals surface area contributed by atoms with Gasteiger partial charge in [0.15, 0.2) is 0 Å². The minimum atomic E-state index is -4.89. The molecule has 1 aromatic heterocycles. The van der Waals surface area contributed by atoms with Crippen molar-refractivity contribution in [2.45, 2.75) is 19.7 Å². The molecule has 1 heterocycles. The van der Waals surface area contributed by atoms with Crippen molar-refractivity contribution in [3.8, 4) is 5.75 Å². The molecule has 0 atom stereocenters. The highest BCUT2D eigenvalue weighted by atomic mass is 19.4.